The van der Waals surface area contributed by atoms with E-state index in [-0.39, 0.29) is 28.9 Å². The quantitative estimate of drug-likeness (QED) is 0.687. The third-order valence-electron chi connectivity index (χ3n) is 5.99. The molecule has 2 unspecified atom stereocenters. The number of aromatic nitrogens is 2. The Balaban J connectivity index is 1.57. The SMILES string of the molecule is CCC(O)C1CN(C)C(=O)c2c3c(nn2C1)CCN(C(=O)Nc1ccc(F)c(Br)c1)C3. The van der Waals surface area contributed by atoms with E-state index in [1.165, 1.54) is 18.2 Å². The van der Waals surface area contributed by atoms with Gasteiger partial charge in [-0.3, -0.25) is 9.48 Å². The van der Waals surface area contributed by atoms with Crippen molar-refractivity contribution in [2.45, 2.75) is 39.0 Å². The Kier molecular flexibility index (Phi) is 6.02. The Bertz CT molecular complexity index is 1030. The summed E-state index contributed by atoms with van der Waals surface area (Å²) in [5.74, 6) is -0.653. The predicted molar refractivity (Wildman–Crippen MR) is 116 cm³/mol. The molecular weight excluding hydrogens is 469 g/mol. The van der Waals surface area contributed by atoms with Gasteiger partial charge < -0.3 is 20.2 Å². The standard InChI is InChI=1S/C21H25BrFN5O3/c1-3-18(29)12-9-26(2)20(30)19-14-11-27(7-6-17(14)25-28(19)10-12)21(31)24-13-4-5-16(23)15(22)8-13/h4-5,8,12,18,29H,3,6-7,9-11H2,1-2H3,(H,24,31). The fourth-order valence-electron chi connectivity index (χ4n) is 4.22. The van der Waals surface area contributed by atoms with Crippen molar-refractivity contribution in [1.29, 1.82) is 0 Å². The lowest BCUT2D eigenvalue weighted by molar-refractivity contribution is 0.0626. The maximum absolute atomic E-state index is 13.5. The molecule has 0 bridgehead atoms. The molecule has 2 aliphatic heterocycles. The second kappa shape index (κ2) is 8.58. The highest BCUT2D eigenvalue weighted by Crippen LogP contribution is 2.28. The van der Waals surface area contributed by atoms with Gasteiger partial charge in [-0.25, -0.2) is 9.18 Å². The highest BCUT2D eigenvalue weighted by molar-refractivity contribution is 9.10. The zero-order valence-corrected chi connectivity index (χ0v) is 19.0. The van der Waals surface area contributed by atoms with E-state index >= 15 is 0 Å². The van der Waals surface area contributed by atoms with Gasteiger partial charge >= 0.3 is 6.03 Å². The first kappa shape index (κ1) is 21.8. The molecule has 0 radical (unpaired) electrons. The van der Waals surface area contributed by atoms with Gasteiger partial charge in [0.25, 0.3) is 5.91 Å². The summed E-state index contributed by atoms with van der Waals surface area (Å²) in [5.41, 5.74) is 2.54. The van der Waals surface area contributed by atoms with Crippen molar-refractivity contribution in [2.24, 2.45) is 5.92 Å². The summed E-state index contributed by atoms with van der Waals surface area (Å²) in [6.07, 6.45) is 0.629. The minimum absolute atomic E-state index is 0.0992. The van der Waals surface area contributed by atoms with Crippen molar-refractivity contribution in [3.8, 4) is 0 Å². The molecule has 0 saturated heterocycles. The second-order valence-electron chi connectivity index (χ2n) is 8.11. The number of urea groups is 1. The van der Waals surface area contributed by atoms with Gasteiger partial charge in [0, 0.05) is 50.3 Å². The fourth-order valence-corrected chi connectivity index (χ4v) is 4.60. The molecule has 2 aromatic rings. The minimum atomic E-state index is -0.514. The molecule has 0 spiro atoms. The molecule has 166 valence electrons. The predicted octanol–water partition coefficient (Wildman–Crippen LogP) is 2.85. The third kappa shape index (κ3) is 4.18. The van der Waals surface area contributed by atoms with Crippen molar-refractivity contribution in [2.75, 3.05) is 25.5 Å². The van der Waals surface area contributed by atoms with Crippen LogP contribution in [0.15, 0.2) is 22.7 Å². The first-order valence-corrected chi connectivity index (χ1v) is 11.1. The average Bonchev–Trinajstić information content (AvgIpc) is 3.05. The topological polar surface area (TPSA) is 90.7 Å². The van der Waals surface area contributed by atoms with Crippen molar-refractivity contribution >= 4 is 33.6 Å². The maximum atomic E-state index is 13.5. The molecule has 1 aromatic carbocycles. The minimum Gasteiger partial charge on any atom is -0.393 e. The first-order chi connectivity index (χ1) is 14.8. The molecule has 8 nitrogen and oxygen atoms in total. The number of rotatable bonds is 3. The molecule has 3 amide bonds. The smallest absolute Gasteiger partial charge is 0.322 e. The van der Waals surface area contributed by atoms with E-state index < -0.39 is 11.9 Å². The van der Waals surface area contributed by atoms with Crippen LogP contribution in [0.1, 0.15) is 35.1 Å². The van der Waals surface area contributed by atoms with Crippen LogP contribution in [0.4, 0.5) is 14.9 Å². The van der Waals surface area contributed by atoms with Crippen LogP contribution < -0.4 is 5.32 Å². The Hall–Kier alpha value is -2.46. The summed E-state index contributed by atoms with van der Waals surface area (Å²) in [6.45, 7) is 3.56. The summed E-state index contributed by atoms with van der Waals surface area (Å²) in [5, 5.41) is 17.8. The van der Waals surface area contributed by atoms with Crippen LogP contribution in [0.5, 0.6) is 0 Å². The number of fused-ring (bicyclic) bond motifs is 3. The van der Waals surface area contributed by atoms with E-state index in [2.05, 4.69) is 26.3 Å². The highest BCUT2D eigenvalue weighted by atomic mass is 79.9. The van der Waals surface area contributed by atoms with Crippen molar-refractivity contribution in [3.05, 3.63) is 45.4 Å². The Labute approximate surface area is 188 Å². The Morgan fingerprint density at radius 2 is 2.19 bits per heavy atom. The van der Waals surface area contributed by atoms with E-state index in [9.17, 15) is 19.1 Å². The van der Waals surface area contributed by atoms with E-state index in [0.717, 1.165) is 11.3 Å². The molecule has 2 aliphatic rings. The number of amides is 3. The van der Waals surface area contributed by atoms with Crippen molar-refractivity contribution in [3.63, 3.8) is 0 Å². The highest BCUT2D eigenvalue weighted by Gasteiger charge is 2.36. The lowest BCUT2D eigenvalue weighted by atomic mass is 10.0. The van der Waals surface area contributed by atoms with Gasteiger partial charge in [0.15, 0.2) is 0 Å². The summed E-state index contributed by atoms with van der Waals surface area (Å²) < 4.78 is 15.4. The zero-order chi connectivity index (χ0) is 22.3. The van der Waals surface area contributed by atoms with Gasteiger partial charge in [-0.15, -0.1) is 0 Å². The van der Waals surface area contributed by atoms with Crippen LogP contribution in [0.25, 0.3) is 0 Å². The normalized spacial score (nSPS) is 19.5. The van der Waals surface area contributed by atoms with Gasteiger partial charge in [0.05, 0.1) is 22.8 Å². The number of halogens is 2. The molecule has 1 aromatic heterocycles. The lowest BCUT2D eigenvalue weighted by Gasteiger charge is -2.27. The first-order valence-electron chi connectivity index (χ1n) is 10.3. The third-order valence-corrected chi connectivity index (χ3v) is 6.59. The van der Waals surface area contributed by atoms with Crippen molar-refractivity contribution in [1.82, 2.24) is 19.6 Å². The van der Waals surface area contributed by atoms with Crippen molar-refractivity contribution < 1.29 is 19.1 Å². The summed E-state index contributed by atoms with van der Waals surface area (Å²) in [6, 6.07) is 3.96. The lowest BCUT2D eigenvalue weighted by Crippen LogP contribution is -2.40. The molecule has 0 fully saturated rings. The van der Waals surface area contributed by atoms with Gasteiger partial charge in [-0.1, -0.05) is 6.92 Å². The van der Waals surface area contributed by atoms with Crippen LogP contribution in [0.3, 0.4) is 0 Å². The number of hydrogen-bond acceptors (Lipinski definition) is 4. The second-order valence-corrected chi connectivity index (χ2v) is 8.96. The molecule has 0 saturated carbocycles. The Morgan fingerprint density at radius 3 is 2.90 bits per heavy atom. The molecule has 4 rings (SSSR count). The monoisotopic (exact) mass is 493 g/mol. The van der Waals surface area contributed by atoms with Gasteiger partial charge in [-0.05, 0) is 40.5 Å². The van der Waals surface area contributed by atoms with Crippen LogP contribution in [-0.2, 0) is 19.5 Å². The number of carbonyl (C=O) groups is 2. The number of hydrogen-bond donors (Lipinski definition) is 2. The molecular formula is C21H25BrFN5O3. The number of nitrogens with zero attached hydrogens (tertiary/aromatic N) is 4. The average molecular weight is 494 g/mol. The summed E-state index contributed by atoms with van der Waals surface area (Å²) >= 11 is 3.12. The van der Waals surface area contributed by atoms with Gasteiger partial charge in [0.1, 0.15) is 11.5 Å². The number of aliphatic hydroxyl groups is 1. The summed E-state index contributed by atoms with van der Waals surface area (Å²) in [4.78, 5) is 29.1. The molecule has 0 aliphatic carbocycles. The zero-order valence-electron chi connectivity index (χ0n) is 17.4. The summed E-state index contributed by atoms with van der Waals surface area (Å²) in [7, 11) is 1.73. The van der Waals surface area contributed by atoms with Crippen LogP contribution in [-0.4, -0.2) is 62.9 Å². The van der Waals surface area contributed by atoms with E-state index in [1.54, 1.807) is 21.5 Å². The van der Waals surface area contributed by atoms with E-state index in [0.29, 0.717) is 43.9 Å². The largest absolute Gasteiger partial charge is 0.393 e. The molecule has 2 N–H and O–H groups in total. The van der Waals surface area contributed by atoms with Gasteiger partial charge in [0.2, 0.25) is 0 Å². The van der Waals surface area contributed by atoms with E-state index in [1.807, 2.05) is 6.92 Å². The molecule has 10 heteroatoms. The Morgan fingerprint density at radius 1 is 1.42 bits per heavy atom. The fraction of sp³-hybridized carbons (Fsp3) is 0.476. The number of anilines is 1. The number of carbonyl (C=O) groups excluding carboxylic acids is 2. The molecule has 3 heterocycles. The number of aliphatic hydroxyl groups excluding tert-OH is 1. The molecule has 31 heavy (non-hydrogen) atoms. The van der Waals surface area contributed by atoms with Crippen LogP contribution >= 0.6 is 15.9 Å². The maximum Gasteiger partial charge on any atom is 0.322 e. The van der Waals surface area contributed by atoms with Crippen LogP contribution in [0, 0.1) is 11.7 Å². The number of benzene rings is 1. The van der Waals surface area contributed by atoms with E-state index in [4.69, 9.17) is 0 Å². The van der Waals surface area contributed by atoms with Crippen LogP contribution in [0.2, 0.25) is 0 Å². The number of nitrogens with one attached hydrogen (secondary N) is 1. The molecule has 2 atom stereocenters. The van der Waals surface area contributed by atoms with Gasteiger partial charge in [-0.2, -0.15) is 5.10 Å².